The Labute approximate surface area is 177 Å². The van der Waals surface area contributed by atoms with Crippen molar-refractivity contribution in [3.05, 3.63) is 33.1 Å². The van der Waals surface area contributed by atoms with Crippen molar-refractivity contribution in [2.75, 3.05) is 13.1 Å². The molecule has 0 radical (unpaired) electrons. The van der Waals surface area contributed by atoms with Crippen LogP contribution in [0.3, 0.4) is 0 Å². The van der Waals surface area contributed by atoms with Gasteiger partial charge < -0.3 is 15.2 Å². The van der Waals surface area contributed by atoms with Gasteiger partial charge in [-0.15, -0.1) is 35.3 Å². The van der Waals surface area contributed by atoms with E-state index in [1.54, 1.807) is 11.3 Å². The van der Waals surface area contributed by atoms with Gasteiger partial charge in [0, 0.05) is 24.0 Å². The third-order valence-corrected chi connectivity index (χ3v) is 4.81. The zero-order chi connectivity index (χ0) is 18.2. The quantitative estimate of drug-likeness (QED) is 0.251. The van der Waals surface area contributed by atoms with E-state index in [9.17, 15) is 0 Å². The van der Waals surface area contributed by atoms with Crippen LogP contribution in [0.2, 0.25) is 0 Å². The lowest BCUT2D eigenvalue weighted by Gasteiger charge is -2.10. The van der Waals surface area contributed by atoms with Crippen molar-refractivity contribution in [1.82, 2.24) is 20.8 Å². The second-order valence-corrected chi connectivity index (χ2v) is 7.29. The highest BCUT2D eigenvalue weighted by Crippen LogP contribution is 2.18. The number of guanidine groups is 1. The molecule has 2 rings (SSSR count). The van der Waals surface area contributed by atoms with Crippen LogP contribution < -0.4 is 10.6 Å². The topological polar surface area (TPSA) is 75.3 Å². The zero-order valence-electron chi connectivity index (χ0n) is 16.3. The standard InChI is InChI=1S/C18H29N5OS.HI/c1-6-19-18(21-10-17-22-16(11-25-17)12(2)3)20-9-7-8-15-13(4)23-24-14(15)5;/h11-12H,6-10H2,1-5H3,(H2,19,20,21);1H. The number of hydrogen-bond acceptors (Lipinski definition) is 5. The van der Waals surface area contributed by atoms with E-state index in [0.29, 0.717) is 12.5 Å². The van der Waals surface area contributed by atoms with E-state index in [-0.39, 0.29) is 24.0 Å². The number of thiazole rings is 1. The van der Waals surface area contributed by atoms with Crippen LogP contribution in [0.1, 0.15) is 60.8 Å². The van der Waals surface area contributed by atoms with Crippen LogP contribution in [0.4, 0.5) is 0 Å². The Balaban J connectivity index is 0.00000338. The van der Waals surface area contributed by atoms with Crippen molar-refractivity contribution in [2.45, 2.75) is 59.9 Å². The summed E-state index contributed by atoms with van der Waals surface area (Å²) in [4.78, 5) is 9.27. The molecule has 2 heterocycles. The zero-order valence-corrected chi connectivity index (χ0v) is 19.4. The van der Waals surface area contributed by atoms with Crippen LogP contribution in [-0.2, 0) is 13.0 Å². The van der Waals surface area contributed by atoms with Crippen molar-refractivity contribution in [1.29, 1.82) is 0 Å². The van der Waals surface area contributed by atoms with E-state index in [0.717, 1.165) is 54.0 Å². The van der Waals surface area contributed by atoms with E-state index in [2.05, 4.69) is 51.9 Å². The van der Waals surface area contributed by atoms with Gasteiger partial charge in [-0.25, -0.2) is 9.98 Å². The van der Waals surface area contributed by atoms with Gasteiger partial charge in [0.15, 0.2) is 5.96 Å². The fourth-order valence-electron chi connectivity index (χ4n) is 2.48. The number of nitrogens with one attached hydrogen (secondary N) is 2. The molecule has 6 nitrogen and oxygen atoms in total. The average molecular weight is 491 g/mol. The third kappa shape index (κ3) is 6.86. The van der Waals surface area contributed by atoms with Crippen LogP contribution in [0.15, 0.2) is 14.9 Å². The van der Waals surface area contributed by atoms with Crippen molar-refractivity contribution in [2.24, 2.45) is 4.99 Å². The Morgan fingerprint density at radius 1 is 1.31 bits per heavy atom. The lowest BCUT2D eigenvalue weighted by Crippen LogP contribution is -2.37. The molecular formula is C18H30IN5OS. The van der Waals surface area contributed by atoms with Crippen LogP contribution in [-0.4, -0.2) is 29.2 Å². The smallest absolute Gasteiger partial charge is 0.191 e. The van der Waals surface area contributed by atoms with Crippen molar-refractivity contribution in [3.8, 4) is 0 Å². The van der Waals surface area contributed by atoms with Gasteiger partial charge in [0.1, 0.15) is 10.8 Å². The first-order chi connectivity index (χ1) is 12.0. The minimum absolute atomic E-state index is 0. The molecule has 0 aliphatic heterocycles. The van der Waals surface area contributed by atoms with Crippen LogP contribution in [0.5, 0.6) is 0 Å². The SMILES string of the molecule is CCNC(=NCc1nc(C(C)C)cs1)NCCCc1c(C)noc1C.I. The highest BCUT2D eigenvalue weighted by molar-refractivity contribution is 14.0. The molecule has 0 unspecified atom stereocenters. The summed E-state index contributed by atoms with van der Waals surface area (Å²) >= 11 is 1.68. The highest BCUT2D eigenvalue weighted by atomic mass is 127. The molecular weight excluding hydrogens is 461 g/mol. The second kappa shape index (κ2) is 11.5. The van der Waals surface area contributed by atoms with Crippen molar-refractivity contribution >= 4 is 41.3 Å². The predicted molar refractivity (Wildman–Crippen MR) is 119 cm³/mol. The molecule has 0 amide bonds. The first kappa shape index (κ1) is 22.9. The Morgan fingerprint density at radius 3 is 2.65 bits per heavy atom. The van der Waals surface area contributed by atoms with E-state index in [4.69, 9.17) is 4.52 Å². The summed E-state index contributed by atoms with van der Waals surface area (Å²) in [6.45, 7) is 12.6. The molecule has 0 aliphatic carbocycles. The summed E-state index contributed by atoms with van der Waals surface area (Å²) in [6.07, 6.45) is 1.96. The van der Waals surface area contributed by atoms with Crippen LogP contribution in [0.25, 0.3) is 0 Å². The maximum absolute atomic E-state index is 5.21. The Kier molecular flexibility index (Phi) is 10.1. The normalized spacial score (nSPS) is 11.5. The lowest BCUT2D eigenvalue weighted by molar-refractivity contribution is 0.392. The molecule has 2 aromatic rings. The van der Waals surface area contributed by atoms with Gasteiger partial charge >= 0.3 is 0 Å². The van der Waals surface area contributed by atoms with E-state index in [1.165, 1.54) is 5.56 Å². The summed E-state index contributed by atoms with van der Waals surface area (Å²) in [7, 11) is 0. The molecule has 146 valence electrons. The molecule has 8 heteroatoms. The van der Waals surface area contributed by atoms with Gasteiger partial charge in [0.05, 0.1) is 17.9 Å². The number of aromatic nitrogens is 2. The van der Waals surface area contributed by atoms with Gasteiger partial charge in [-0.2, -0.15) is 0 Å². The van der Waals surface area contributed by atoms with Crippen molar-refractivity contribution in [3.63, 3.8) is 0 Å². The van der Waals surface area contributed by atoms with Crippen LogP contribution in [0, 0.1) is 13.8 Å². The third-order valence-electron chi connectivity index (χ3n) is 3.95. The monoisotopic (exact) mass is 491 g/mol. The van der Waals surface area contributed by atoms with Gasteiger partial charge in [-0.05, 0) is 39.5 Å². The Hall–Kier alpha value is -1.16. The molecule has 0 spiro atoms. The van der Waals surface area contributed by atoms with Gasteiger partial charge in [0.2, 0.25) is 0 Å². The lowest BCUT2D eigenvalue weighted by atomic mass is 10.1. The number of hydrogen-bond donors (Lipinski definition) is 2. The predicted octanol–water partition coefficient (Wildman–Crippen LogP) is 4.18. The highest BCUT2D eigenvalue weighted by Gasteiger charge is 2.08. The molecule has 0 saturated carbocycles. The largest absolute Gasteiger partial charge is 0.361 e. The molecule has 0 bridgehead atoms. The average Bonchev–Trinajstić information content (AvgIpc) is 3.17. The summed E-state index contributed by atoms with van der Waals surface area (Å²) < 4.78 is 5.21. The van der Waals surface area contributed by atoms with Crippen molar-refractivity contribution < 1.29 is 4.52 Å². The fraction of sp³-hybridized carbons (Fsp3) is 0.611. The van der Waals surface area contributed by atoms with Gasteiger partial charge in [-0.1, -0.05) is 19.0 Å². The number of rotatable bonds is 8. The van der Waals surface area contributed by atoms with Crippen LogP contribution >= 0.6 is 35.3 Å². The fourth-order valence-corrected chi connectivity index (χ4v) is 3.36. The first-order valence-electron chi connectivity index (χ1n) is 8.89. The Bertz CT molecular complexity index is 676. The Morgan fingerprint density at radius 2 is 2.08 bits per heavy atom. The van der Waals surface area contributed by atoms with Gasteiger partial charge in [-0.3, -0.25) is 0 Å². The second-order valence-electron chi connectivity index (χ2n) is 6.35. The minimum atomic E-state index is 0. The number of nitrogens with zero attached hydrogens (tertiary/aromatic N) is 3. The summed E-state index contributed by atoms with van der Waals surface area (Å²) in [6, 6.07) is 0. The molecule has 0 aliphatic rings. The molecule has 0 fully saturated rings. The number of halogens is 1. The number of aryl methyl sites for hydroxylation is 2. The minimum Gasteiger partial charge on any atom is -0.361 e. The van der Waals surface area contributed by atoms with E-state index in [1.807, 2.05) is 13.8 Å². The summed E-state index contributed by atoms with van der Waals surface area (Å²) in [5.74, 6) is 2.22. The maximum Gasteiger partial charge on any atom is 0.191 e. The molecule has 0 saturated heterocycles. The van der Waals surface area contributed by atoms with E-state index >= 15 is 0 Å². The molecule has 2 aromatic heterocycles. The number of aliphatic imine (C=N–C) groups is 1. The van der Waals surface area contributed by atoms with E-state index < -0.39 is 0 Å². The summed E-state index contributed by atoms with van der Waals surface area (Å²) in [5.41, 5.74) is 3.35. The molecule has 26 heavy (non-hydrogen) atoms. The first-order valence-corrected chi connectivity index (χ1v) is 9.77. The molecule has 0 atom stereocenters. The summed E-state index contributed by atoms with van der Waals surface area (Å²) in [5, 5.41) is 13.8. The van der Waals surface area contributed by atoms with Gasteiger partial charge in [0.25, 0.3) is 0 Å². The molecule has 0 aromatic carbocycles. The maximum atomic E-state index is 5.21. The molecule has 2 N–H and O–H groups in total.